The van der Waals surface area contributed by atoms with Crippen LogP contribution in [0.4, 0.5) is 5.69 Å². The molecule has 2 heterocycles. The number of carbonyl (C=O) groups excluding carboxylic acids is 1. The Kier molecular flexibility index (Phi) is 4.84. The first-order valence-electron chi connectivity index (χ1n) is 8.64. The molecule has 1 aromatic carbocycles. The average molecular weight is 400 g/mol. The number of hydrogen-bond acceptors (Lipinski definition) is 6. The van der Waals surface area contributed by atoms with Gasteiger partial charge in [0.05, 0.1) is 9.83 Å². The number of nitrogens with zero attached hydrogens (tertiary/aromatic N) is 2. The van der Waals surface area contributed by atoms with Crippen LogP contribution >= 0.6 is 24.0 Å². The van der Waals surface area contributed by atoms with Crippen LogP contribution in [0, 0.1) is 10.1 Å². The summed E-state index contributed by atoms with van der Waals surface area (Å²) >= 11 is 6.70. The number of non-ortho nitro benzene ring substituents is 1. The van der Waals surface area contributed by atoms with Gasteiger partial charge >= 0.3 is 0 Å². The fourth-order valence-electron chi connectivity index (χ4n) is 3.44. The summed E-state index contributed by atoms with van der Waals surface area (Å²) in [6.07, 6.45) is 5.95. The van der Waals surface area contributed by atoms with Gasteiger partial charge < -0.3 is 4.42 Å². The quantitative estimate of drug-likeness (QED) is 0.311. The maximum absolute atomic E-state index is 12.7. The van der Waals surface area contributed by atoms with Crippen LogP contribution in [0.3, 0.4) is 0 Å². The van der Waals surface area contributed by atoms with Gasteiger partial charge in [0, 0.05) is 29.8 Å². The second kappa shape index (κ2) is 7.28. The molecule has 2 aliphatic rings. The van der Waals surface area contributed by atoms with Crippen molar-refractivity contribution in [3.63, 3.8) is 0 Å². The molecule has 1 aliphatic heterocycles. The van der Waals surface area contributed by atoms with Gasteiger partial charge in [-0.15, -0.1) is 0 Å². The monoisotopic (exact) mass is 400 g/mol. The van der Waals surface area contributed by atoms with E-state index >= 15 is 0 Å². The van der Waals surface area contributed by atoms with Gasteiger partial charge in [0.1, 0.15) is 15.8 Å². The molecule has 0 unspecified atom stereocenters. The Morgan fingerprint density at radius 1 is 1.26 bits per heavy atom. The third-order valence-electron chi connectivity index (χ3n) is 4.76. The number of thiocarbonyl (C=S) groups is 1. The number of carbonyl (C=O) groups is 1. The highest BCUT2D eigenvalue weighted by Gasteiger charge is 2.38. The van der Waals surface area contributed by atoms with Gasteiger partial charge in [0.25, 0.3) is 11.6 Å². The van der Waals surface area contributed by atoms with Crippen LogP contribution in [0.1, 0.15) is 31.4 Å². The van der Waals surface area contributed by atoms with Crippen LogP contribution in [0.15, 0.2) is 45.7 Å². The summed E-state index contributed by atoms with van der Waals surface area (Å²) in [4.78, 5) is 25.5. The van der Waals surface area contributed by atoms with Crippen molar-refractivity contribution >= 4 is 46.0 Å². The lowest BCUT2D eigenvalue weighted by Gasteiger charge is -2.21. The van der Waals surface area contributed by atoms with Gasteiger partial charge in [0.15, 0.2) is 0 Å². The molecule has 1 saturated heterocycles. The smallest absolute Gasteiger partial charge is 0.270 e. The molecule has 0 atom stereocenters. The fraction of sp³-hybridized carbons (Fsp3) is 0.263. The first-order chi connectivity index (χ1) is 13.0. The lowest BCUT2D eigenvalue weighted by Crippen LogP contribution is -2.36. The molecule has 2 aromatic rings. The normalized spacial score (nSPS) is 19.4. The molecular formula is C19H16N2O4S2. The lowest BCUT2D eigenvalue weighted by atomic mass is 10.1. The number of furan rings is 1. The van der Waals surface area contributed by atoms with Gasteiger partial charge in [-0.1, -0.05) is 49.0 Å². The summed E-state index contributed by atoms with van der Waals surface area (Å²) < 4.78 is 6.38. The van der Waals surface area contributed by atoms with Crippen molar-refractivity contribution in [2.24, 2.45) is 0 Å². The number of nitro groups is 1. The predicted molar refractivity (Wildman–Crippen MR) is 108 cm³/mol. The summed E-state index contributed by atoms with van der Waals surface area (Å²) in [5, 5.41) is 10.9. The SMILES string of the molecule is O=C1C(=Cc2ccc(-c3cccc([N+](=O)[O-])c3)o2)SC(=S)N1C1CCCC1. The number of nitro benzene ring substituents is 1. The van der Waals surface area contributed by atoms with Crippen molar-refractivity contribution in [3.8, 4) is 11.3 Å². The summed E-state index contributed by atoms with van der Waals surface area (Å²) in [6.45, 7) is 0. The Morgan fingerprint density at radius 3 is 2.78 bits per heavy atom. The van der Waals surface area contributed by atoms with Gasteiger partial charge in [-0.05, 0) is 25.0 Å². The van der Waals surface area contributed by atoms with Gasteiger partial charge in [-0.3, -0.25) is 19.8 Å². The van der Waals surface area contributed by atoms with E-state index in [1.165, 1.54) is 23.9 Å². The zero-order valence-electron chi connectivity index (χ0n) is 14.3. The molecule has 0 spiro atoms. The molecule has 0 N–H and O–H groups in total. The predicted octanol–water partition coefficient (Wildman–Crippen LogP) is 5.00. The Bertz CT molecular complexity index is 960. The largest absolute Gasteiger partial charge is 0.457 e. The van der Waals surface area contributed by atoms with E-state index in [-0.39, 0.29) is 17.6 Å². The maximum Gasteiger partial charge on any atom is 0.270 e. The standard InChI is InChI=1S/C19H16N2O4S2/c22-18-17(27-19(26)20(18)13-5-1-2-6-13)11-15-8-9-16(25-15)12-4-3-7-14(10-12)21(23)24/h3-4,7-11,13H,1-2,5-6H2. The zero-order chi connectivity index (χ0) is 19.0. The van der Waals surface area contributed by atoms with Crippen LogP contribution in [-0.2, 0) is 4.79 Å². The molecule has 2 fully saturated rings. The van der Waals surface area contributed by atoms with E-state index < -0.39 is 4.92 Å². The number of benzene rings is 1. The fourth-order valence-corrected chi connectivity index (χ4v) is 4.83. The maximum atomic E-state index is 12.7. The number of hydrogen-bond donors (Lipinski definition) is 0. The summed E-state index contributed by atoms with van der Waals surface area (Å²) in [5.74, 6) is 0.963. The summed E-state index contributed by atoms with van der Waals surface area (Å²) in [7, 11) is 0. The van der Waals surface area contributed by atoms with E-state index in [1.807, 2.05) is 0 Å². The Morgan fingerprint density at radius 2 is 2.04 bits per heavy atom. The lowest BCUT2D eigenvalue weighted by molar-refractivity contribution is -0.384. The second-order valence-corrected chi connectivity index (χ2v) is 8.18. The van der Waals surface area contributed by atoms with Crippen molar-refractivity contribution in [1.29, 1.82) is 0 Å². The molecule has 1 aromatic heterocycles. The van der Waals surface area contributed by atoms with E-state index in [0.717, 1.165) is 25.7 Å². The van der Waals surface area contributed by atoms with Gasteiger partial charge in [-0.2, -0.15) is 0 Å². The van der Waals surface area contributed by atoms with Crippen molar-refractivity contribution in [1.82, 2.24) is 4.90 Å². The molecule has 0 radical (unpaired) electrons. The highest BCUT2D eigenvalue weighted by molar-refractivity contribution is 8.26. The van der Waals surface area contributed by atoms with Crippen LogP contribution in [-0.4, -0.2) is 26.1 Å². The van der Waals surface area contributed by atoms with Crippen molar-refractivity contribution < 1.29 is 14.1 Å². The van der Waals surface area contributed by atoms with Crippen LogP contribution < -0.4 is 0 Å². The molecule has 1 saturated carbocycles. The van der Waals surface area contributed by atoms with Crippen LogP contribution in [0.5, 0.6) is 0 Å². The minimum Gasteiger partial charge on any atom is -0.457 e. The van der Waals surface area contributed by atoms with Crippen LogP contribution in [0.25, 0.3) is 17.4 Å². The second-order valence-electron chi connectivity index (χ2n) is 6.50. The van der Waals surface area contributed by atoms with E-state index in [2.05, 4.69) is 0 Å². The van der Waals surface area contributed by atoms with Gasteiger partial charge in [0.2, 0.25) is 0 Å². The molecule has 27 heavy (non-hydrogen) atoms. The number of thioether (sulfide) groups is 1. The first kappa shape index (κ1) is 17.9. The van der Waals surface area contributed by atoms with Crippen LogP contribution in [0.2, 0.25) is 0 Å². The number of rotatable bonds is 4. The Labute approximate surface area is 165 Å². The third-order valence-corrected chi connectivity index (χ3v) is 6.09. The average Bonchev–Trinajstić information content (AvgIpc) is 3.38. The third kappa shape index (κ3) is 3.54. The molecule has 1 aliphatic carbocycles. The highest BCUT2D eigenvalue weighted by atomic mass is 32.2. The molecule has 8 heteroatoms. The minimum atomic E-state index is -0.443. The molecule has 138 valence electrons. The van der Waals surface area contributed by atoms with Crippen molar-refractivity contribution in [3.05, 3.63) is 57.2 Å². The molecule has 4 rings (SSSR count). The summed E-state index contributed by atoms with van der Waals surface area (Å²) in [5.41, 5.74) is 0.616. The van der Waals surface area contributed by atoms with E-state index in [4.69, 9.17) is 16.6 Å². The van der Waals surface area contributed by atoms with Gasteiger partial charge in [-0.25, -0.2) is 0 Å². The first-order valence-corrected chi connectivity index (χ1v) is 9.87. The van der Waals surface area contributed by atoms with Crippen molar-refractivity contribution in [2.45, 2.75) is 31.7 Å². The highest BCUT2D eigenvalue weighted by Crippen LogP contribution is 2.38. The summed E-state index contributed by atoms with van der Waals surface area (Å²) in [6, 6.07) is 9.95. The number of amides is 1. The van der Waals surface area contributed by atoms with E-state index in [1.54, 1.807) is 35.2 Å². The Hall–Kier alpha value is -2.45. The molecule has 0 bridgehead atoms. The molecule has 1 amide bonds. The van der Waals surface area contributed by atoms with E-state index in [9.17, 15) is 14.9 Å². The van der Waals surface area contributed by atoms with E-state index in [0.29, 0.717) is 26.3 Å². The molecular weight excluding hydrogens is 384 g/mol. The Balaban J connectivity index is 1.57. The van der Waals surface area contributed by atoms with Crippen molar-refractivity contribution in [2.75, 3.05) is 0 Å². The molecule has 6 nitrogen and oxygen atoms in total. The topological polar surface area (TPSA) is 76.6 Å². The minimum absolute atomic E-state index is 0.00267. The zero-order valence-corrected chi connectivity index (χ0v) is 15.9.